The van der Waals surface area contributed by atoms with Crippen LogP contribution in [0.1, 0.15) is 27.9 Å². The molecule has 1 atom stereocenters. The number of carbonyl (C=O) groups excluding carboxylic acids is 3. The lowest BCUT2D eigenvalue weighted by Crippen LogP contribution is -2.53. The number of nitrogens with two attached hydrogens (primary N) is 1. The molecule has 0 saturated carbocycles. The molecule has 0 aromatic heterocycles. The maximum atomic E-state index is 13.2. The van der Waals surface area contributed by atoms with Crippen LogP contribution < -0.4 is 21.3 Å². The van der Waals surface area contributed by atoms with E-state index in [9.17, 15) is 19.6 Å². The van der Waals surface area contributed by atoms with Crippen molar-refractivity contribution in [2.75, 3.05) is 5.32 Å². The number of carbonyl (C=O) groups is 3. The third-order valence-electron chi connectivity index (χ3n) is 6.26. The molecule has 38 heavy (non-hydrogen) atoms. The van der Waals surface area contributed by atoms with Crippen LogP contribution in [0.3, 0.4) is 0 Å². The Morgan fingerprint density at radius 3 is 2.00 bits per heavy atom. The number of hydrogen-bond donors (Lipinski definition) is 4. The van der Waals surface area contributed by atoms with Gasteiger partial charge in [0.05, 0.1) is 0 Å². The lowest BCUT2D eigenvalue weighted by Gasteiger charge is -2.31. The van der Waals surface area contributed by atoms with Gasteiger partial charge in [0, 0.05) is 22.9 Å². The zero-order chi connectivity index (χ0) is 27.0. The quantitative estimate of drug-likeness (QED) is 0.141. The van der Waals surface area contributed by atoms with Gasteiger partial charge in [-0.15, -0.1) is 0 Å². The molecule has 1 unspecified atom stereocenters. The number of ether oxygens (including phenoxy) is 1. The third kappa shape index (κ3) is 5.71. The molecule has 0 radical (unpaired) electrons. The zero-order valence-electron chi connectivity index (χ0n) is 20.5. The topological polar surface area (TPSA) is 131 Å². The van der Waals surface area contributed by atoms with Crippen LogP contribution in [0.2, 0.25) is 0 Å². The minimum absolute atomic E-state index is 0.0637. The summed E-state index contributed by atoms with van der Waals surface area (Å²) in [5.74, 6) is -1.54. The first kappa shape index (κ1) is 26.1. The fraction of sp³-hybridized carbons (Fsp3) is 0.100. The van der Waals surface area contributed by atoms with Gasteiger partial charge in [-0.1, -0.05) is 72.8 Å². The normalized spacial score (nSPS) is 12.1. The number of hydrogen-bond acceptors (Lipinski definition) is 5. The minimum Gasteiger partial charge on any atom is -0.457 e. The first-order chi connectivity index (χ1) is 18.4. The molecular weight excluding hydrogens is 482 g/mol. The van der Waals surface area contributed by atoms with Crippen LogP contribution >= 0.6 is 0 Å². The second kappa shape index (κ2) is 11.9. The van der Waals surface area contributed by atoms with Crippen LogP contribution in [-0.4, -0.2) is 22.9 Å². The van der Waals surface area contributed by atoms with Gasteiger partial charge in [-0.3, -0.25) is 19.6 Å². The molecule has 3 amide bonds. The van der Waals surface area contributed by atoms with E-state index in [4.69, 9.17) is 10.5 Å². The summed E-state index contributed by atoms with van der Waals surface area (Å²) < 4.78 is 5.93. The van der Waals surface area contributed by atoms with E-state index >= 15 is 0 Å². The fourth-order valence-corrected chi connectivity index (χ4v) is 4.28. The number of benzene rings is 4. The van der Waals surface area contributed by atoms with Crippen molar-refractivity contribution in [3.8, 4) is 11.5 Å². The molecule has 0 bridgehead atoms. The molecule has 8 nitrogen and oxygen atoms in total. The van der Waals surface area contributed by atoms with E-state index in [2.05, 4.69) is 5.32 Å². The van der Waals surface area contributed by atoms with Gasteiger partial charge in [0.2, 0.25) is 5.91 Å². The van der Waals surface area contributed by atoms with Crippen LogP contribution in [0.15, 0.2) is 109 Å². The van der Waals surface area contributed by atoms with Crippen molar-refractivity contribution >= 4 is 23.4 Å². The Hall–Kier alpha value is -4.95. The predicted molar refractivity (Wildman–Crippen MR) is 143 cm³/mol. The number of anilines is 1. The number of aryl methyl sites for hydroxylation is 1. The van der Waals surface area contributed by atoms with Crippen molar-refractivity contribution in [1.82, 2.24) is 5.48 Å². The molecule has 8 heteroatoms. The smallest absolute Gasteiger partial charge is 0.263 e. The highest BCUT2D eigenvalue weighted by atomic mass is 16.5. The van der Waals surface area contributed by atoms with E-state index in [1.807, 2.05) is 48.5 Å². The highest BCUT2D eigenvalue weighted by Crippen LogP contribution is 2.38. The van der Waals surface area contributed by atoms with Gasteiger partial charge in [-0.05, 0) is 48.7 Å². The Kier molecular flexibility index (Phi) is 8.15. The average Bonchev–Trinajstić information content (AvgIpc) is 2.95. The van der Waals surface area contributed by atoms with E-state index in [1.54, 1.807) is 54.0 Å². The maximum Gasteiger partial charge on any atom is 0.263 e. The summed E-state index contributed by atoms with van der Waals surface area (Å²) in [6, 6.07) is 31.4. The molecule has 0 aliphatic heterocycles. The van der Waals surface area contributed by atoms with Gasteiger partial charge < -0.3 is 15.8 Å². The van der Waals surface area contributed by atoms with Gasteiger partial charge in [0.15, 0.2) is 5.41 Å². The van der Waals surface area contributed by atoms with Crippen molar-refractivity contribution in [2.45, 2.75) is 18.3 Å². The largest absolute Gasteiger partial charge is 0.457 e. The van der Waals surface area contributed by atoms with Crippen molar-refractivity contribution in [3.05, 3.63) is 126 Å². The van der Waals surface area contributed by atoms with Crippen molar-refractivity contribution < 1.29 is 24.3 Å². The standard InChI is InChI=1S/C30H27N3O5/c31-28(35)30(29(36)33-37,19-18-21-10-4-1-5-11-21)25-17-16-24(38-23-14-8-3-9-15-23)20-26(25)32-27(34)22-12-6-2-7-13-22/h1-17,20,37H,18-19H2,(H2,31,35)(H,32,34)(H,33,36). The number of primary amides is 1. The van der Waals surface area contributed by atoms with Crippen LogP contribution in [0.4, 0.5) is 5.69 Å². The Morgan fingerprint density at radius 1 is 0.789 bits per heavy atom. The van der Waals surface area contributed by atoms with Crippen molar-refractivity contribution in [2.24, 2.45) is 5.73 Å². The van der Waals surface area contributed by atoms with Crippen LogP contribution in [0.5, 0.6) is 11.5 Å². The first-order valence-electron chi connectivity index (χ1n) is 12.0. The second-order valence-corrected chi connectivity index (χ2v) is 8.64. The molecule has 4 aromatic carbocycles. The Balaban J connectivity index is 1.81. The van der Waals surface area contributed by atoms with Crippen molar-refractivity contribution in [3.63, 3.8) is 0 Å². The Bertz CT molecular complexity index is 1410. The summed E-state index contributed by atoms with van der Waals surface area (Å²) in [6.45, 7) is 0. The average molecular weight is 510 g/mol. The van der Waals surface area contributed by atoms with Crippen LogP contribution in [0.25, 0.3) is 0 Å². The number of hydroxylamine groups is 1. The third-order valence-corrected chi connectivity index (χ3v) is 6.26. The maximum absolute atomic E-state index is 13.2. The molecule has 0 spiro atoms. The monoisotopic (exact) mass is 509 g/mol. The van der Waals surface area contributed by atoms with Gasteiger partial charge >= 0.3 is 0 Å². The fourth-order valence-electron chi connectivity index (χ4n) is 4.28. The molecule has 0 saturated heterocycles. The van der Waals surface area contributed by atoms with Gasteiger partial charge in [-0.25, -0.2) is 5.48 Å². The number of amides is 3. The first-order valence-corrected chi connectivity index (χ1v) is 12.0. The van der Waals surface area contributed by atoms with Gasteiger partial charge in [0.1, 0.15) is 11.5 Å². The number of para-hydroxylation sites is 1. The summed E-state index contributed by atoms with van der Waals surface area (Å²) >= 11 is 0. The second-order valence-electron chi connectivity index (χ2n) is 8.64. The van der Waals surface area contributed by atoms with E-state index in [1.165, 1.54) is 12.1 Å². The lowest BCUT2D eigenvalue weighted by atomic mass is 9.73. The summed E-state index contributed by atoms with van der Waals surface area (Å²) in [5.41, 5.74) is 6.96. The highest BCUT2D eigenvalue weighted by molar-refractivity contribution is 6.12. The van der Waals surface area contributed by atoms with E-state index in [-0.39, 0.29) is 17.7 Å². The van der Waals surface area contributed by atoms with E-state index in [0.29, 0.717) is 23.5 Å². The van der Waals surface area contributed by atoms with Crippen molar-refractivity contribution in [1.29, 1.82) is 0 Å². The summed E-state index contributed by atoms with van der Waals surface area (Å²) in [5, 5.41) is 12.5. The predicted octanol–water partition coefficient (Wildman–Crippen LogP) is 4.59. The van der Waals surface area contributed by atoms with Gasteiger partial charge in [-0.2, -0.15) is 0 Å². The molecule has 0 aliphatic carbocycles. The molecule has 5 N–H and O–H groups in total. The molecule has 0 heterocycles. The Labute approximate surface area is 220 Å². The van der Waals surface area contributed by atoms with E-state index in [0.717, 1.165) is 5.56 Å². The summed E-state index contributed by atoms with van der Waals surface area (Å²) in [4.78, 5) is 39.3. The Morgan fingerprint density at radius 2 is 1.39 bits per heavy atom. The number of rotatable bonds is 10. The molecule has 0 aliphatic rings. The molecule has 4 rings (SSSR count). The molecule has 4 aromatic rings. The highest BCUT2D eigenvalue weighted by Gasteiger charge is 2.47. The SMILES string of the molecule is NC(=O)C(CCc1ccccc1)(C(=O)NO)c1ccc(Oc2ccccc2)cc1NC(=O)c1ccccc1. The lowest BCUT2D eigenvalue weighted by molar-refractivity contribution is -0.142. The minimum atomic E-state index is -2.00. The van der Waals surface area contributed by atoms with E-state index < -0.39 is 23.1 Å². The number of nitrogens with one attached hydrogen (secondary N) is 2. The van der Waals surface area contributed by atoms with Crippen LogP contribution in [-0.2, 0) is 21.4 Å². The molecule has 0 fully saturated rings. The summed E-state index contributed by atoms with van der Waals surface area (Å²) in [7, 11) is 0. The zero-order valence-corrected chi connectivity index (χ0v) is 20.5. The summed E-state index contributed by atoms with van der Waals surface area (Å²) in [6.07, 6.45) is 0.234. The molecular formula is C30H27N3O5. The van der Waals surface area contributed by atoms with Gasteiger partial charge in [0.25, 0.3) is 11.8 Å². The van der Waals surface area contributed by atoms with Crippen LogP contribution in [0, 0.1) is 0 Å². The molecule has 192 valence electrons.